The van der Waals surface area contributed by atoms with Crippen LogP contribution < -0.4 is 0 Å². The molecule has 0 nitrogen and oxygen atoms in total. The van der Waals surface area contributed by atoms with Crippen molar-refractivity contribution in [3.8, 4) is 22.3 Å². The zero-order chi connectivity index (χ0) is 40.1. The first-order valence-electron chi connectivity index (χ1n) is 23.5. The number of unbranched alkanes of at least 4 members (excludes halogenated alkanes) is 18. The first-order valence-corrected chi connectivity index (χ1v) is 25.1. The zero-order valence-electron chi connectivity index (χ0n) is 35.7. The lowest BCUT2D eigenvalue weighted by atomic mass is 9.85. The van der Waals surface area contributed by atoms with Crippen LogP contribution in [0.2, 0.25) is 0 Å². The van der Waals surface area contributed by atoms with Crippen LogP contribution in [0.4, 0.5) is 0 Å². The Morgan fingerprint density at radius 1 is 0.328 bits per heavy atom. The van der Waals surface area contributed by atoms with Crippen molar-refractivity contribution >= 4 is 31.9 Å². The number of fused-ring (bicyclic) bond motifs is 6. The Morgan fingerprint density at radius 3 is 0.983 bits per heavy atom. The van der Waals surface area contributed by atoms with Crippen molar-refractivity contribution in [1.82, 2.24) is 0 Å². The van der Waals surface area contributed by atoms with Gasteiger partial charge in [0, 0.05) is 20.8 Å². The van der Waals surface area contributed by atoms with Gasteiger partial charge in [-0.1, -0.05) is 222 Å². The molecule has 2 aliphatic rings. The third-order valence-electron chi connectivity index (χ3n) is 13.3. The van der Waals surface area contributed by atoms with Crippen LogP contribution in [0.5, 0.6) is 0 Å². The number of aryl methyl sites for hydroxylation is 2. The number of hydrogen-bond donors (Lipinski definition) is 0. The highest BCUT2D eigenvalue weighted by Crippen LogP contribution is 2.56. The van der Waals surface area contributed by atoms with E-state index in [0.717, 1.165) is 8.95 Å². The van der Waals surface area contributed by atoms with Crippen LogP contribution in [0.3, 0.4) is 0 Å². The fraction of sp³-hybridized carbons (Fsp3) is 0.464. The lowest BCUT2D eigenvalue weighted by molar-refractivity contribution is 0.556. The molecule has 0 N–H and O–H groups in total. The molecular weight excluding hydrogens is 832 g/mol. The maximum Gasteiger partial charge on any atom is 0.0352 e. The predicted molar refractivity (Wildman–Crippen MR) is 259 cm³/mol. The monoisotopic (exact) mass is 898 g/mol. The third-order valence-corrected chi connectivity index (χ3v) is 14.4. The molecule has 0 saturated carbocycles. The molecule has 2 unspecified atom stereocenters. The molecule has 0 fully saturated rings. The predicted octanol–water partition coefficient (Wildman–Crippen LogP) is 18.5. The largest absolute Gasteiger partial charge is 0.0654 e. The molecule has 0 aromatic heterocycles. The van der Waals surface area contributed by atoms with E-state index in [4.69, 9.17) is 0 Å². The number of hydrogen-bond acceptors (Lipinski definition) is 0. The van der Waals surface area contributed by atoms with Crippen LogP contribution >= 0.6 is 31.9 Å². The van der Waals surface area contributed by atoms with E-state index in [-0.39, 0.29) is 11.8 Å². The SMILES string of the molecule is CCCCCCCCCCCCc1ccc2c(c1)C(c1ccc(Br)cc1)c1cc3c(cc1-2)C(c1ccc(Br)cc1)c1cc(CCCCCCCCCCCC)ccc1-3. The smallest absolute Gasteiger partial charge is 0.0352 e. The minimum Gasteiger partial charge on any atom is -0.0654 e. The molecule has 2 heteroatoms. The number of benzene rings is 5. The second kappa shape index (κ2) is 22.1. The summed E-state index contributed by atoms with van der Waals surface area (Å²) in [5.41, 5.74) is 17.3. The summed E-state index contributed by atoms with van der Waals surface area (Å²) in [5.74, 6) is 0.476. The summed E-state index contributed by atoms with van der Waals surface area (Å²) < 4.78 is 2.27. The molecule has 0 radical (unpaired) electrons. The highest BCUT2D eigenvalue weighted by molar-refractivity contribution is 9.10. The lowest BCUT2D eigenvalue weighted by Gasteiger charge is -2.18. The molecule has 0 amide bonds. The maximum absolute atomic E-state index is 3.73. The molecule has 58 heavy (non-hydrogen) atoms. The van der Waals surface area contributed by atoms with Crippen LogP contribution in [0.1, 0.15) is 199 Å². The van der Waals surface area contributed by atoms with Crippen molar-refractivity contribution in [2.75, 3.05) is 0 Å². The van der Waals surface area contributed by atoms with Gasteiger partial charge >= 0.3 is 0 Å². The Balaban J connectivity index is 1.11. The zero-order valence-corrected chi connectivity index (χ0v) is 38.9. The minimum absolute atomic E-state index is 0.238. The summed E-state index contributed by atoms with van der Waals surface area (Å²) in [6, 6.07) is 38.4. The van der Waals surface area contributed by atoms with Crippen LogP contribution in [0.25, 0.3) is 22.3 Å². The maximum atomic E-state index is 3.73. The van der Waals surface area contributed by atoms with Gasteiger partial charge in [-0.2, -0.15) is 0 Å². The summed E-state index contributed by atoms with van der Waals surface area (Å²) in [6.45, 7) is 4.61. The van der Waals surface area contributed by atoms with Crippen molar-refractivity contribution in [3.05, 3.63) is 151 Å². The third kappa shape index (κ3) is 10.9. The van der Waals surface area contributed by atoms with Gasteiger partial charge in [-0.25, -0.2) is 0 Å². The van der Waals surface area contributed by atoms with E-state index in [9.17, 15) is 0 Å². The Kier molecular flexibility index (Phi) is 16.4. The van der Waals surface area contributed by atoms with E-state index in [0.29, 0.717) is 0 Å². The molecule has 5 aromatic carbocycles. The summed E-state index contributed by atoms with van der Waals surface area (Å²) >= 11 is 7.45. The van der Waals surface area contributed by atoms with Crippen molar-refractivity contribution in [2.24, 2.45) is 0 Å². The van der Waals surface area contributed by atoms with E-state index in [2.05, 4.69) is 143 Å². The van der Waals surface area contributed by atoms with Gasteiger partial charge in [0.05, 0.1) is 0 Å². The summed E-state index contributed by atoms with van der Waals surface area (Å²) in [7, 11) is 0. The summed E-state index contributed by atoms with van der Waals surface area (Å²) in [5, 5.41) is 0. The molecule has 2 aliphatic carbocycles. The van der Waals surface area contributed by atoms with E-state index < -0.39 is 0 Å². The molecule has 0 saturated heterocycles. The summed E-state index contributed by atoms with van der Waals surface area (Å²) in [6.07, 6.45) is 29.9. The van der Waals surface area contributed by atoms with Crippen LogP contribution in [-0.4, -0.2) is 0 Å². The second-order valence-corrected chi connectivity index (χ2v) is 19.5. The van der Waals surface area contributed by atoms with Gasteiger partial charge in [0.1, 0.15) is 0 Å². The minimum atomic E-state index is 0.238. The van der Waals surface area contributed by atoms with Gasteiger partial charge in [-0.15, -0.1) is 0 Å². The van der Waals surface area contributed by atoms with Gasteiger partial charge < -0.3 is 0 Å². The van der Waals surface area contributed by atoms with Crippen LogP contribution in [0.15, 0.2) is 106 Å². The van der Waals surface area contributed by atoms with Gasteiger partial charge in [0.15, 0.2) is 0 Å². The van der Waals surface area contributed by atoms with Crippen molar-refractivity contribution in [1.29, 1.82) is 0 Å². The Hall–Kier alpha value is -2.94. The van der Waals surface area contributed by atoms with E-state index in [1.54, 1.807) is 0 Å². The number of rotatable bonds is 24. The standard InChI is InChI=1S/C56H68Br2/c1-3-5-7-9-11-13-15-17-19-21-23-41-25-35-47-49-39-54-50(40-53(49)55(51(47)37-41)43-27-31-45(57)32-28-43)48-36-26-42(24-22-20-18-16-14-12-10-8-6-4-2)38-52(48)56(54)44-29-33-46(58)34-30-44/h25-40,55-56H,3-24H2,1-2H3. The average molecular weight is 901 g/mol. The fourth-order valence-electron chi connectivity index (χ4n) is 10.1. The van der Waals surface area contributed by atoms with Crippen LogP contribution in [0, 0.1) is 0 Å². The Labute approximate surface area is 369 Å². The lowest BCUT2D eigenvalue weighted by Crippen LogP contribution is -2.02. The molecule has 306 valence electrons. The van der Waals surface area contributed by atoms with Crippen molar-refractivity contribution < 1.29 is 0 Å². The fourth-order valence-corrected chi connectivity index (χ4v) is 10.6. The topological polar surface area (TPSA) is 0 Å². The van der Waals surface area contributed by atoms with E-state index >= 15 is 0 Å². The van der Waals surface area contributed by atoms with Crippen molar-refractivity contribution in [2.45, 2.75) is 167 Å². The van der Waals surface area contributed by atoms with Gasteiger partial charge in [-0.05, 0) is 129 Å². The number of halogens is 2. The first kappa shape index (κ1) is 43.2. The molecule has 7 rings (SSSR count). The van der Waals surface area contributed by atoms with Gasteiger partial charge in [0.2, 0.25) is 0 Å². The molecule has 0 aliphatic heterocycles. The first-order chi connectivity index (χ1) is 28.6. The average Bonchev–Trinajstić information content (AvgIpc) is 3.73. The second-order valence-electron chi connectivity index (χ2n) is 17.7. The highest BCUT2D eigenvalue weighted by atomic mass is 79.9. The Morgan fingerprint density at radius 2 is 0.638 bits per heavy atom. The molecule has 0 spiro atoms. The van der Waals surface area contributed by atoms with Gasteiger partial charge in [-0.3, -0.25) is 0 Å². The van der Waals surface area contributed by atoms with E-state index in [1.807, 2.05) is 0 Å². The molecule has 5 aromatic rings. The molecular formula is C56H68Br2. The molecule has 2 atom stereocenters. The Bertz CT molecular complexity index is 1890. The highest BCUT2D eigenvalue weighted by Gasteiger charge is 2.36. The molecule has 0 heterocycles. The quantitative estimate of drug-likeness (QED) is 0.0530. The summed E-state index contributed by atoms with van der Waals surface area (Å²) in [4.78, 5) is 0. The van der Waals surface area contributed by atoms with Crippen LogP contribution in [-0.2, 0) is 12.8 Å². The van der Waals surface area contributed by atoms with Crippen molar-refractivity contribution in [3.63, 3.8) is 0 Å². The molecule has 0 bridgehead atoms. The van der Waals surface area contributed by atoms with Gasteiger partial charge in [0.25, 0.3) is 0 Å². The normalized spacial score (nSPS) is 15.0. The van der Waals surface area contributed by atoms with E-state index in [1.165, 1.54) is 208 Å².